The summed E-state index contributed by atoms with van der Waals surface area (Å²) in [5.41, 5.74) is 3.19. The Balaban J connectivity index is 1.62. The van der Waals surface area contributed by atoms with Crippen molar-refractivity contribution in [3.8, 4) is 6.07 Å². The topological polar surface area (TPSA) is 78.9 Å². The Kier molecular flexibility index (Phi) is 4.22. The van der Waals surface area contributed by atoms with Gasteiger partial charge in [-0.15, -0.1) is 15.3 Å². The fraction of sp³-hybridized carbons (Fsp3) is 0.0526. The first-order chi connectivity index (χ1) is 12.7. The molecule has 26 heavy (non-hydrogen) atoms. The van der Waals surface area contributed by atoms with Crippen LogP contribution in [0, 0.1) is 11.3 Å². The molecule has 4 aromatic rings. The minimum absolute atomic E-state index is 0.570. The summed E-state index contributed by atoms with van der Waals surface area (Å²) in [6.45, 7) is 0. The van der Waals surface area contributed by atoms with E-state index >= 15 is 0 Å². The summed E-state index contributed by atoms with van der Waals surface area (Å²) in [5.74, 6) is 1.39. The second-order valence-electron chi connectivity index (χ2n) is 5.73. The zero-order valence-corrected chi connectivity index (χ0v) is 14.4. The number of nitriles is 1. The number of halogens is 1. The molecule has 1 N–H and O–H groups in total. The summed E-state index contributed by atoms with van der Waals surface area (Å²) in [5, 5.41) is 25.7. The molecule has 0 saturated heterocycles. The van der Waals surface area contributed by atoms with Crippen molar-refractivity contribution in [3.63, 3.8) is 0 Å². The van der Waals surface area contributed by atoms with Gasteiger partial charge in [-0.1, -0.05) is 29.8 Å². The zero-order chi connectivity index (χ0) is 17.9. The number of anilines is 2. The van der Waals surface area contributed by atoms with Gasteiger partial charge in [0.25, 0.3) is 0 Å². The van der Waals surface area contributed by atoms with Crippen LogP contribution < -0.4 is 5.32 Å². The Labute approximate surface area is 154 Å². The number of hydrogen-bond acceptors (Lipinski definition) is 5. The van der Waals surface area contributed by atoms with E-state index in [2.05, 4.69) is 26.7 Å². The number of rotatable bonds is 4. The minimum atomic E-state index is 0.570. The Hall–Kier alpha value is -3.43. The molecule has 0 aliphatic heterocycles. The summed E-state index contributed by atoms with van der Waals surface area (Å²) < 4.78 is 1.71. The maximum absolute atomic E-state index is 8.89. The molecule has 0 fully saturated rings. The van der Waals surface area contributed by atoms with Gasteiger partial charge in [0.1, 0.15) is 0 Å². The summed E-state index contributed by atoms with van der Waals surface area (Å²) in [7, 11) is 0. The monoisotopic (exact) mass is 360 g/mol. The van der Waals surface area contributed by atoms with Crippen LogP contribution in [0.4, 0.5) is 11.5 Å². The standard InChI is InChI=1S/C19H13ClN6/c20-15-2-1-3-16(11-15)22-17-8-9-18-23-24-19(26(18)25-17)10-13-4-6-14(12-21)7-5-13/h1-9,11H,10H2,(H,22,25). The van der Waals surface area contributed by atoms with E-state index in [4.69, 9.17) is 16.9 Å². The van der Waals surface area contributed by atoms with Gasteiger partial charge in [-0.25, -0.2) is 0 Å². The molecule has 4 rings (SSSR count). The second-order valence-corrected chi connectivity index (χ2v) is 6.16. The largest absolute Gasteiger partial charge is 0.339 e. The van der Waals surface area contributed by atoms with E-state index in [-0.39, 0.29) is 0 Å². The predicted octanol–water partition coefficient (Wildman–Crippen LogP) is 3.98. The van der Waals surface area contributed by atoms with Crippen LogP contribution in [0.2, 0.25) is 5.02 Å². The Bertz CT molecular complexity index is 1110. The lowest BCUT2D eigenvalue weighted by Gasteiger charge is -2.07. The molecular formula is C19H13ClN6. The van der Waals surface area contributed by atoms with Crippen molar-refractivity contribution < 1.29 is 0 Å². The Morgan fingerprint density at radius 3 is 2.65 bits per heavy atom. The van der Waals surface area contributed by atoms with Crippen LogP contribution >= 0.6 is 11.6 Å². The van der Waals surface area contributed by atoms with Gasteiger partial charge < -0.3 is 5.32 Å². The molecule has 2 heterocycles. The van der Waals surface area contributed by atoms with Crippen LogP contribution in [-0.2, 0) is 6.42 Å². The number of aromatic nitrogens is 4. The molecule has 0 saturated carbocycles. The fourth-order valence-corrected chi connectivity index (χ4v) is 2.79. The summed E-state index contributed by atoms with van der Waals surface area (Å²) >= 11 is 6.02. The van der Waals surface area contributed by atoms with Gasteiger partial charge in [-0.2, -0.15) is 9.78 Å². The molecule has 6 nitrogen and oxygen atoms in total. The third-order valence-corrected chi connectivity index (χ3v) is 4.10. The van der Waals surface area contributed by atoms with Gasteiger partial charge in [-0.05, 0) is 48.0 Å². The quantitative estimate of drug-likeness (QED) is 0.595. The van der Waals surface area contributed by atoms with Crippen molar-refractivity contribution >= 4 is 28.8 Å². The smallest absolute Gasteiger partial charge is 0.178 e. The molecule has 2 aromatic heterocycles. The first kappa shape index (κ1) is 16.1. The molecule has 0 spiro atoms. The molecule has 0 radical (unpaired) electrons. The van der Waals surface area contributed by atoms with Gasteiger partial charge in [-0.3, -0.25) is 0 Å². The van der Waals surface area contributed by atoms with E-state index in [0.29, 0.717) is 28.5 Å². The molecule has 0 unspecified atom stereocenters. The summed E-state index contributed by atoms with van der Waals surface area (Å²) in [4.78, 5) is 0. The van der Waals surface area contributed by atoms with E-state index in [1.54, 1.807) is 16.6 Å². The molecule has 7 heteroatoms. The van der Waals surface area contributed by atoms with Crippen LogP contribution in [0.3, 0.4) is 0 Å². The van der Waals surface area contributed by atoms with E-state index < -0.39 is 0 Å². The van der Waals surface area contributed by atoms with Crippen LogP contribution in [0.15, 0.2) is 60.7 Å². The molecule has 0 amide bonds. The number of fused-ring (bicyclic) bond motifs is 1. The van der Waals surface area contributed by atoms with Gasteiger partial charge in [0.05, 0.1) is 11.6 Å². The van der Waals surface area contributed by atoms with E-state index in [1.165, 1.54) is 0 Å². The number of nitrogens with one attached hydrogen (secondary N) is 1. The normalized spacial score (nSPS) is 10.6. The highest BCUT2D eigenvalue weighted by atomic mass is 35.5. The van der Waals surface area contributed by atoms with E-state index in [9.17, 15) is 0 Å². The summed E-state index contributed by atoms with van der Waals surface area (Å²) in [6, 6.07) is 20.7. The fourth-order valence-electron chi connectivity index (χ4n) is 2.60. The molecule has 0 atom stereocenters. The van der Waals surface area contributed by atoms with Crippen LogP contribution in [0.25, 0.3) is 5.65 Å². The molecule has 0 bridgehead atoms. The van der Waals surface area contributed by atoms with Gasteiger partial charge in [0, 0.05) is 17.1 Å². The van der Waals surface area contributed by atoms with Crippen LogP contribution in [0.5, 0.6) is 0 Å². The van der Waals surface area contributed by atoms with E-state index in [1.807, 2.05) is 48.5 Å². The zero-order valence-electron chi connectivity index (χ0n) is 13.6. The number of nitrogens with zero attached hydrogens (tertiary/aromatic N) is 5. The van der Waals surface area contributed by atoms with Gasteiger partial charge in [0.15, 0.2) is 17.3 Å². The highest BCUT2D eigenvalue weighted by Crippen LogP contribution is 2.19. The van der Waals surface area contributed by atoms with Crippen molar-refractivity contribution in [2.24, 2.45) is 0 Å². The second kappa shape index (κ2) is 6.82. The lowest BCUT2D eigenvalue weighted by molar-refractivity contribution is 0.842. The summed E-state index contributed by atoms with van der Waals surface area (Å²) in [6.07, 6.45) is 0.570. The molecule has 0 aliphatic carbocycles. The minimum Gasteiger partial charge on any atom is -0.339 e. The van der Waals surface area contributed by atoms with Crippen molar-refractivity contribution in [2.75, 3.05) is 5.32 Å². The Morgan fingerprint density at radius 1 is 1.04 bits per heavy atom. The highest BCUT2D eigenvalue weighted by molar-refractivity contribution is 6.30. The molecule has 126 valence electrons. The van der Waals surface area contributed by atoms with Crippen molar-refractivity contribution in [1.29, 1.82) is 5.26 Å². The van der Waals surface area contributed by atoms with Crippen LogP contribution in [-0.4, -0.2) is 19.8 Å². The molecule has 2 aromatic carbocycles. The van der Waals surface area contributed by atoms with Crippen molar-refractivity contribution in [2.45, 2.75) is 6.42 Å². The highest BCUT2D eigenvalue weighted by Gasteiger charge is 2.09. The SMILES string of the molecule is N#Cc1ccc(Cc2nnc3ccc(Nc4cccc(Cl)c4)nn23)cc1. The average molecular weight is 361 g/mol. The van der Waals surface area contributed by atoms with Crippen molar-refractivity contribution in [1.82, 2.24) is 19.8 Å². The lowest BCUT2D eigenvalue weighted by atomic mass is 10.1. The number of benzene rings is 2. The number of hydrogen-bond donors (Lipinski definition) is 1. The van der Waals surface area contributed by atoms with Gasteiger partial charge in [0.2, 0.25) is 0 Å². The third kappa shape index (κ3) is 3.34. The molecular weight excluding hydrogens is 348 g/mol. The maximum atomic E-state index is 8.89. The molecule has 0 aliphatic rings. The maximum Gasteiger partial charge on any atom is 0.178 e. The first-order valence-electron chi connectivity index (χ1n) is 7.94. The predicted molar refractivity (Wildman–Crippen MR) is 99.5 cm³/mol. The van der Waals surface area contributed by atoms with Crippen LogP contribution in [0.1, 0.15) is 17.0 Å². The van der Waals surface area contributed by atoms with E-state index in [0.717, 1.165) is 17.1 Å². The van der Waals surface area contributed by atoms with Crippen molar-refractivity contribution in [3.05, 3.63) is 82.6 Å². The Morgan fingerprint density at radius 2 is 1.88 bits per heavy atom. The first-order valence-corrected chi connectivity index (χ1v) is 8.32. The third-order valence-electron chi connectivity index (χ3n) is 3.87. The lowest BCUT2D eigenvalue weighted by Crippen LogP contribution is -2.03. The van der Waals surface area contributed by atoms with Gasteiger partial charge >= 0.3 is 0 Å². The average Bonchev–Trinajstić information content (AvgIpc) is 3.05.